The van der Waals surface area contributed by atoms with Crippen LogP contribution in [0.4, 0.5) is 0 Å². The number of carboxylic acids is 1. The molecule has 0 spiro atoms. The van der Waals surface area contributed by atoms with Crippen LogP contribution in [-0.4, -0.2) is 22.9 Å². The summed E-state index contributed by atoms with van der Waals surface area (Å²) in [5.74, 6) is -0.879. The van der Waals surface area contributed by atoms with Crippen molar-refractivity contribution in [2.24, 2.45) is 5.92 Å². The van der Waals surface area contributed by atoms with Gasteiger partial charge in [0.2, 0.25) is 0 Å². The van der Waals surface area contributed by atoms with Crippen LogP contribution < -0.4 is 5.32 Å². The molecule has 0 unspecified atom stereocenters. The minimum absolute atomic E-state index is 0.207. The van der Waals surface area contributed by atoms with Crippen LogP contribution in [0.15, 0.2) is 23.8 Å². The fraction of sp³-hybridized carbons (Fsp3) is 0.767. The molecule has 2 amide bonds. The van der Waals surface area contributed by atoms with Gasteiger partial charge in [-0.25, -0.2) is 0 Å². The Balaban J connectivity index is 0.000000362. The number of unbranched alkanes of at least 4 members (excludes halogenated alkanes) is 14. The highest BCUT2D eigenvalue weighted by Crippen LogP contribution is 2.33. The van der Waals surface area contributed by atoms with Gasteiger partial charge in [0.05, 0.1) is 0 Å². The van der Waals surface area contributed by atoms with Gasteiger partial charge in [-0.15, -0.1) is 0 Å². The quantitative estimate of drug-likeness (QED) is 0.151. The number of carboxylic acid groups (broad SMARTS) is 1. The summed E-state index contributed by atoms with van der Waals surface area (Å²) >= 11 is 0. The molecule has 35 heavy (non-hydrogen) atoms. The summed E-state index contributed by atoms with van der Waals surface area (Å²) in [7, 11) is 0. The standard InChI is InChI=1S/C18H36O2.C12H15NO2/c1-2-3-4-5-6-7-8-9-10-11-12-13-14-15-16-17-18(19)20;1-2-9-10(12(15)13-11(9)14)8-6-4-3-5-7-8/h2-17H2,1H3,(H,19,20);2,8H,1,3-7H2,(H,13,14,15). The number of aliphatic carboxylic acids is 1. The lowest BCUT2D eigenvalue weighted by atomic mass is 9.82. The first-order valence-electron chi connectivity index (χ1n) is 14.4. The van der Waals surface area contributed by atoms with E-state index in [0.717, 1.165) is 38.5 Å². The maximum Gasteiger partial charge on any atom is 0.303 e. The van der Waals surface area contributed by atoms with Gasteiger partial charge in [0, 0.05) is 17.6 Å². The molecule has 0 atom stereocenters. The van der Waals surface area contributed by atoms with Crippen LogP contribution in [0, 0.1) is 5.92 Å². The Morgan fingerprint density at radius 3 is 1.69 bits per heavy atom. The largest absolute Gasteiger partial charge is 0.481 e. The summed E-state index contributed by atoms with van der Waals surface area (Å²) < 4.78 is 0. The SMILES string of the molecule is C=CC1=C(C2CCCCC2)C(=O)NC1=O.CCCCCCCCCCCCCCCCCC(=O)O. The van der Waals surface area contributed by atoms with Crippen molar-refractivity contribution < 1.29 is 19.5 Å². The first-order chi connectivity index (χ1) is 17.0. The summed E-state index contributed by atoms with van der Waals surface area (Å²) in [6.07, 6.45) is 27.3. The molecule has 0 radical (unpaired) electrons. The summed E-state index contributed by atoms with van der Waals surface area (Å²) in [5, 5.41) is 10.9. The van der Waals surface area contributed by atoms with Gasteiger partial charge in [-0.2, -0.15) is 0 Å². The van der Waals surface area contributed by atoms with E-state index in [2.05, 4.69) is 18.8 Å². The molecular formula is C30H51NO4. The molecule has 2 N–H and O–H groups in total. The number of nitrogens with one attached hydrogen (secondary N) is 1. The highest BCUT2D eigenvalue weighted by Gasteiger charge is 2.33. The zero-order chi connectivity index (χ0) is 25.7. The topological polar surface area (TPSA) is 83.5 Å². The molecule has 0 saturated heterocycles. The van der Waals surface area contributed by atoms with E-state index in [9.17, 15) is 14.4 Å². The number of carbonyl (C=O) groups excluding carboxylic acids is 2. The number of hydrogen-bond donors (Lipinski definition) is 2. The van der Waals surface area contributed by atoms with Crippen LogP contribution in [0.5, 0.6) is 0 Å². The van der Waals surface area contributed by atoms with Crippen molar-refractivity contribution in [3.8, 4) is 0 Å². The van der Waals surface area contributed by atoms with Crippen molar-refractivity contribution in [1.82, 2.24) is 5.32 Å². The molecule has 1 saturated carbocycles. The van der Waals surface area contributed by atoms with Gasteiger partial charge in [0.1, 0.15) is 0 Å². The molecule has 5 heteroatoms. The molecule has 0 aromatic rings. The summed E-state index contributed by atoms with van der Waals surface area (Å²) in [5.41, 5.74) is 1.17. The molecule has 2 aliphatic rings. The average Bonchev–Trinajstić information content (AvgIpc) is 3.15. The van der Waals surface area contributed by atoms with E-state index >= 15 is 0 Å². The molecule has 0 aromatic carbocycles. The van der Waals surface area contributed by atoms with Gasteiger partial charge in [0.25, 0.3) is 11.8 Å². The minimum atomic E-state index is -0.653. The van der Waals surface area contributed by atoms with Gasteiger partial charge in [-0.3, -0.25) is 19.7 Å². The van der Waals surface area contributed by atoms with Crippen LogP contribution in [0.25, 0.3) is 0 Å². The van der Waals surface area contributed by atoms with E-state index in [1.54, 1.807) is 0 Å². The first-order valence-corrected chi connectivity index (χ1v) is 14.4. The van der Waals surface area contributed by atoms with Gasteiger partial charge in [0.15, 0.2) is 0 Å². The molecule has 2 rings (SSSR count). The van der Waals surface area contributed by atoms with Crippen LogP contribution >= 0.6 is 0 Å². The predicted octanol–water partition coefficient (Wildman–Crippen LogP) is 8.04. The zero-order valence-corrected chi connectivity index (χ0v) is 22.4. The summed E-state index contributed by atoms with van der Waals surface area (Å²) in [6.45, 7) is 5.87. The second-order valence-corrected chi connectivity index (χ2v) is 10.2. The first kappa shape index (κ1) is 31.1. The summed E-state index contributed by atoms with van der Waals surface area (Å²) in [6, 6.07) is 0. The molecule has 5 nitrogen and oxygen atoms in total. The number of imide groups is 1. The number of carbonyl (C=O) groups is 3. The van der Waals surface area contributed by atoms with Crippen molar-refractivity contribution in [2.45, 2.75) is 142 Å². The Morgan fingerprint density at radius 1 is 0.800 bits per heavy atom. The second kappa shape index (κ2) is 20.3. The van der Waals surface area contributed by atoms with E-state index in [-0.39, 0.29) is 17.7 Å². The third-order valence-electron chi connectivity index (χ3n) is 7.22. The van der Waals surface area contributed by atoms with Crippen LogP contribution in [-0.2, 0) is 14.4 Å². The third kappa shape index (κ3) is 14.3. The minimum Gasteiger partial charge on any atom is -0.481 e. The molecule has 1 heterocycles. The highest BCUT2D eigenvalue weighted by molar-refractivity contribution is 6.20. The van der Waals surface area contributed by atoms with Crippen LogP contribution in [0.2, 0.25) is 0 Å². The maximum absolute atomic E-state index is 11.6. The maximum atomic E-state index is 11.6. The number of amides is 2. The average molecular weight is 490 g/mol. The summed E-state index contributed by atoms with van der Waals surface area (Å²) in [4.78, 5) is 33.4. The van der Waals surface area contributed by atoms with Crippen molar-refractivity contribution in [3.63, 3.8) is 0 Å². The normalized spacial score (nSPS) is 16.1. The van der Waals surface area contributed by atoms with Crippen molar-refractivity contribution >= 4 is 17.8 Å². The van der Waals surface area contributed by atoms with Crippen molar-refractivity contribution in [3.05, 3.63) is 23.8 Å². The van der Waals surface area contributed by atoms with Crippen molar-refractivity contribution in [1.29, 1.82) is 0 Å². The third-order valence-corrected chi connectivity index (χ3v) is 7.22. The fourth-order valence-corrected chi connectivity index (χ4v) is 5.13. The molecule has 1 fully saturated rings. The number of hydrogen-bond acceptors (Lipinski definition) is 3. The van der Waals surface area contributed by atoms with E-state index in [1.807, 2.05) is 0 Å². The zero-order valence-electron chi connectivity index (χ0n) is 22.4. The van der Waals surface area contributed by atoms with E-state index < -0.39 is 5.97 Å². The van der Waals surface area contributed by atoms with Crippen LogP contribution in [0.3, 0.4) is 0 Å². The molecule has 0 bridgehead atoms. The molecule has 0 aromatic heterocycles. The van der Waals surface area contributed by atoms with Gasteiger partial charge < -0.3 is 5.11 Å². The Morgan fingerprint density at radius 2 is 1.26 bits per heavy atom. The smallest absolute Gasteiger partial charge is 0.303 e. The van der Waals surface area contributed by atoms with E-state index in [1.165, 1.54) is 96.0 Å². The Kier molecular flexibility index (Phi) is 18.0. The molecular weight excluding hydrogens is 438 g/mol. The van der Waals surface area contributed by atoms with Crippen molar-refractivity contribution in [2.75, 3.05) is 0 Å². The van der Waals surface area contributed by atoms with Crippen LogP contribution in [0.1, 0.15) is 142 Å². The molecule has 1 aliphatic heterocycles. The van der Waals surface area contributed by atoms with Gasteiger partial charge >= 0.3 is 5.97 Å². The predicted molar refractivity (Wildman–Crippen MR) is 144 cm³/mol. The number of rotatable bonds is 18. The molecule has 1 aliphatic carbocycles. The Hall–Kier alpha value is -1.91. The van der Waals surface area contributed by atoms with E-state index in [4.69, 9.17) is 5.11 Å². The van der Waals surface area contributed by atoms with Gasteiger partial charge in [-0.1, -0.05) is 129 Å². The lowest BCUT2D eigenvalue weighted by molar-refractivity contribution is -0.137. The van der Waals surface area contributed by atoms with E-state index in [0.29, 0.717) is 17.6 Å². The Bertz CT molecular complexity index is 661. The Labute approximate surface area is 214 Å². The second-order valence-electron chi connectivity index (χ2n) is 10.2. The lowest BCUT2D eigenvalue weighted by Gasteiger charge is -2.21. The monoisotopic (exact) mass is 489 g/mol. The van der Waals surface area contributed by atoms with Gasteiger partial charge in [-0.05, 0) is 25.2 Å². The molecule has 200 valence electrons. The fourth-order valence-electron chi connectivity index (χ4n) is 5.13. The lowest BCUT2D eigenvalue weighted by Crippen LogP contribution is -2.25. The highest BCUT2D eigenvalue weighted by atomic mass is 16.4.